The second-order valence-electron chi connectivity index (χ2n) is 2.56. The van der Waals surface area contributed by atoms with Crippen molar-refractivity contribution in [3.8, 4) is 0 Å². The first-order chi connectivity index (χ1) is 2.00. The Bertz CT molecular complexity index is 23.0. The summed E-state index contributed by atoms with van der Waals surface area (Å²) in [6.07, 6.45) is 0. The fraction of sp³-hybridized carbons (Fsp3) is 0.750. The summed E-state index contributed by atoms with van der Waals surface area (Å²) in [6, 6.07) is 0. The summed E-state index contributed by atoms with van der Waals surface area (Å²) in [5.74, 6) is 0. The third kappa shape index (κ3) is 106. The molecular weight excluding hydrogens is 83.1 g/mol. The molecule has 0 heterocycles. The molecule has 0 aromatic rings. The monoisotopic (exact) mass is 95.1 g/mol. The Kier molecular flexibility index (Phi) is 4.81. The Morgan fingerprint density at radius 1 is 1.17 bits per heavy atom. The van der Waals surface area contributed by atoms with Crippen LogP contribution in [-0.4, -0.2) is 26.9 Å². The molecule has 0 unspecified atom stereocenters. The summed E-state index contributed by atoms with van der Waals surface area (Å²) in [5.41, 5.74) is 0. The van der Waals surface area contributed by atoms with Gasteiger partial charge >= 0.3 is 18.9 Å². The van der Waals surface area contributed by atoms with Crippen LogP contribution in [0.1, 0.15) is 0 Å². The Morgan fingerprint density at radius 3 is 1.17 bits per heavy atom. The Balaban J connectivity index is 0. The van der Waals surface area contributed by atoms with Gasteiger partial charge in [0, 0.05) is 8.07 Å². The van der Waals surface area contributed by atoms with E-state index >= 15 is 0 Å². The van der Waals surface area contributed by atoms with Gasteiger partial charge in [0.2, 0.25) is 0 Å². The van der Waals surface area contributed by atoms with E-state index in [-0.39, 0.29) is 18.9 Å². The molecule has 0 amide bonds. The van der Waals surface area contributed by atoms with Crippen molar-refractivity contribution in [3.05, 3.63) is 6.55 Å². The summed E-state index contributed by atoms with van der Waals surface area (Å²) >= 11 is 0. The van der Waals surface area contributed by atoms with Gasteiger partial charge in [-0.25, -0.2) is 0 Å². The molecule has 1 radical (unpaired) electrons. The van der Waals surface area contributed by atoms with Crippen LogP contribution in [0.3, 0.4) is 0 Å². The molecule has 0 aromatic carbocycles. The SMILES string of the molecule is [CH2][Si](C)(C)C.[LiH]. The zero-order chi connectivity index (χ0) is 4.50. The van der Waals surface area contributed by atoms with E-state index < -0.39 is 8.07 Å². The van der Waals surface area contributed by atoms with Gasteiger partial charge in [-0.05, 0) is 0 Å². The van der Waals surface area contributed by atoms with Crippen LogP contribution in [0, 0.1) is 6.55 Å². The summed E-state index contributed by atoms with van der Waals surface area (Å²) in [4.78, 5) is 0. The van der Waals surface area contributed by atoms with E-state index in [1.165, 1.54) is 0 Å². The predicted molar refractivity (Wildman–Crippen MR) is 35.9 cm³/mol. The molecule has 0 saturated heterocycles. The van der Waals surface area contributed by atoms with E-state index in [1.54, 1.807) is 0 Å². The normalized spacial score (nSPS) is 10.0. The first-order valence-electron chi connectivity index (χ1n) is 1.85. The number of hydrogen-bond acceptors (Lipinski definition) is 0. The first kappa shape index (κ1) is 9.94. The van der Waals surface area contributed by atoms with Gasteiger partial charge in [0.1, 0.15) is 0 Å². The molecule has 0 aliphatic carbocycles. The predicted octanol–water partition coefficient (Wildman–Crippen LogP) is 1.05. The molecule has 0 saturated carbocycles. The first-order valence-corrected chi connectivity index (χ1v) is 5.56. The fourth-order valence-corrected chi connectivity index (χ4v) is 0. The van der Waals surface area contributed by atoms with Crippen LogP contribution >= 0.6 is 0 Å². The third-order valence-corrected chi connectivity index (χ3v) is 0. The number of rotatable bonds is 0. The van der Waals surface area contributed by atoms with Crippen molar-refractivity contribution in [2.75, 3.05) is 0 Å². The van der Waals surface area contributed by atoms with Crippen molar-refractivity contribution >= 4 is 26.9 Å². The van der Waals surface area contributed by atoms with Crippen molar-refractivity contribution in [2.45, 2.75) is 19.6 Å². The molecule has 33 valence electrons. The molecule has 0 aliphatic heterocycles. The standard InChI is InChI=1S/C4H11Si.Li.H/c1-5(2,3)4;;/h1H2,2-4H3;;. The summed E-state index contributed by atoms with van der Waals surface area (Å²) < 4.78 is 0. The Hall–Kier alpha value is 0.814. The van der Waals surface area contributed by atoms with E-state index in [1.807, 2.05) is 0 Å². The molecule has 0 aliphatic rings. The van der Waals surface area contributed by atoms with Crippen molar-refractivity contribution < 1.29 is 0 Å². The van der Waals surface area contributed by atoms with Crippen LogP contribution < -0.4 is 0 Å². The maximum atomic E-state index is 3.91. The molecular formula is C4H12LiSi. The summed E-state index contributed by atoms with van der Waals surface area (Å²) in [6.45, 7) is 10.6. The maximum absolute atomic E-state index is 3.91. The quantitative estimate of drug-likeness (QED) is 0.394. The summed E-state index contributed by atoms with van der Waals surface area (Å²) in [5, 5.41) is 0. The third-order valence-electron chi connectivity index (χ3n) is 0. The molecule has 0 fully saturated rings. The average molecular weight is 95.2 g/mol. The molecule has 0 rings (SSSR count). The van der Waals surface area contributed by atoms with Crippen LogP contribution in [-0.2, 0) is 0 Å². The zero-order valence-corrected chi connectivity index (χ0v) is 5.21. The molecule has 0 spiro atoms. The van der Waals surface area contributed by atoms with Crippen molar-refractivity contribution in [2.24, 2.45) is 0 Å². The van der Waals surface area contributed by atoms with Gasteiger partial charge in [-0.15, -0.1) is 0 Å². The summed E-state index contributed by atoms with van der Waals surface area (Å²) in [7, 11) is -0.861. The van der Waals surface area contributed by atoms with Gasteiger partial charge in [-0.2, -0.15) is 0 Å². The Morgan fingerprint density at radius 2 is 1.17 bits per heavy atom. The van der Waals surface area contributed by atoms with E-state index in [0.717, 1.165) is 0 Å². The molecule has 6 heavy (non-hydrogen) atoms. The van der Waals surface area contributed by atoms with Gasteiger partial charge in [-0.1, -0.05) is 26.2 Å². The molecule has 2 heteroatoms. The molecule has 0 nitrogen and oxygen atoms in total. The topological polar surface area (TPSA) is 0 Å². The van der Waals surface area contributed by atoms with Gasteiger partial charge < -0.3 is 0 Å². The average Bonchev–Trinajstić information content (AvgIpc) is 0.722. The van der Waals surface area contributed by atoms with E-state index in [4.69, 9.17) is 0 Å². The van der Waals surface area contributed by atoms with Crippen molar-refractivity contribution in [3.63, 3.8) is 0 Å². The van der Waals surface area contributed by atoms with E-state index in [2.05, 4.69) is 26.2 Å². The van der Waals surface area contributed by atoms with Gasteiger partial charge in [0.05, 0.1) is 0 Å². The van der Waals surface area contributed by atoms with Gasteiger partial charge in [0.15, 0.2) is 0 Å². The van der Waals surface area contributed by atoms with Gasteiger partial charge in [0.25, 0.3) is 0 Å². The Labute approximate surface area is 53.5 Å². The van der Waals surface area contributed by atoms with Gasteiger partial charge in [-0.3, -0.25) is 0 Å². The van der Waals surface area contributed by atoms with Crippen molar-refractivity contribution in [1.29, 1.82) is 0 Å². The fourth-order valence-electron chi connectivity index (χ4n) is 0. The second kappa shape index (κ2) is 2.90. The number of hydrogen-bond donors (Lipinski definition) is 0. The minimum atomic E-state index is -0.861. The van der Waals surface area contributed by atoms with Crippen molar-refractivity contribution in [1.82, 2.24) is 0 Å². The minimum absolute atomic E-state index is 0. The van der Waals surface area contributed by atoms with Crippen LogP contribution in [0.2, 0.25) is 19.6 Å². The molecule has 0 atom stereocenters. The van der Waals surface area contributed by atoms with E-state index in [9.17, 15) is 0 Å². The van der Waals surface area contributed by atoms with E-state index in [0.29, 0.717) is 0 Å². The van der Waals surface area contributed by atoms with Crippen LogP contribution in [0.5, 0.6) is 0 Å². The van der Waals surface area contributed by atoms with Crippen LogP contribution in [0.15, 0.2) is 0 Å². The molecule has 0 bridgehead atoms. The van der Waals surface area contributed by atoms with Crippen LogP contribution in [0.4, 0.5) is 0 Å². The second-order valence-corrected chi connectivity index (χ2v) is 7.68. The molecule has 0 N–H and O–H groups in total. The van der Waals surface area contributed by atoms with Crippen LogP contribution in [0.25, 0.3) is 0 Å². The molecule has 0 aromatic heterocycles. The zero-order valence-electron chi connectivity index (χ0n) is 4.21.